The number of carbonyl (C=O) groups is 1. The highest BCUT2D eigenvalue weighted by Crippen LogP contribution is 2.59. The Hall–Kier alpha value is -1.07. The van der Waals surface area contributed by atoms with Crippen LogP contribution in [0.15, 0.2) is 30.3 Å². The van der Waals surface area contributed by atoms with Crippen molar-refractivity contribution in [3.8, 4) is 0 Å². The van der Waals surface area contributed by atoms with Crippen LogP contribution in [0.25, 0.3) is 0 Å². The second kappa shape index (κ2) is 7.15. The summed E-state index contributed by atoms with van der Waals surface area (Å²) in [5.74, 6) is -5.17. The summed E-state index contributed by atoms with van der Waals surface area (Å²) < 4.78 is 30.7. The number of rotatable bonds is 5. The molecule has 0 spiro atoms. The van der Waals surface area contributed by atoms with E-state index in [1.165, 1.54) is 0 Å². The Morgan fingerprint density at radius 1 is 1.00 bits per heavy atom. The summed E-state index contributed by atoms with van der Waals surface area (Å²) >= 11 is 0. The van der Waals surface area contributed by atoms with Crippen LogP contribution < -0.4 is 0 Å². The Morgan fingerprint density at radius 2 is 1.46 bits per heavy atom. The topological polar surface area (TPSA) is 37.3 Å². The molecule has 0 saturated heterocycles. The van der Waals surface area contributed by atoms with Gasteiger partial charge in [-0.1, -0.05) is 71.9 Å². The van der Waals surface area contributed by atoms with E-state index in [0.29, 0.717) is 0 Å². The lowest BCUT2D eigenvalue weighted by Gasteiger charge is -2.58. The van der Waals surface area contributed by atoms with Crippen LogP contribution in [0, 0.1) is 0 Å². The van der Waals surface area contributed by atoms with Gasteiger partial charge in [0.2, 0.25) is 5.78 Å². The highest BCUT2D eigenvalue weighted by Gasteiger charge is 2.73. The van der Waals surface area contributed by atoms with Crippen LogP contribution in [0.1, 0.15) is 65.9 Å². The number of carbonyl (C=O) groups excluding carboxylic acids is 1. The van der Waals surface area contributed by atoms with Gasteiger partial charge in [-0.3, -0.25) is 4.79 Å². The lowest BCUT2D eigenvalue weighted by molar-refractivity contribution is -0.183. The molecule has 1 saturated carbocycles. The summed E-state index contributed by atoms with van der Waals surface area (Å²) in [6, 6.07) is 9.30. The number of benzene rings is 1. The van der Waals surface area contributed by atoms with Gasteiger partial charge in [0, 0.05) is 6.42 Å². The van der Waals surface area contributed by atoms with E-state index in [-0.39, 0.29) is 35.4 Å². The maximum Gasteiger partial charge on any atom is 0.330 e. The fourth-order valence-corrected chi connectivity index (χ4v) is 14.1. The first kappa shape index (κ1) is 21.2. The van der Waals surface area contributed by atoms with Crippen molar-refractivity contribution in [2.24, 2.45) is 0 Å². The predicted octanol–water partition coefficient (Wildman–Crippen LogP) is 5.72. The lowest BCUT2D eigenvalue weighted by atomic mass is 9.79. The van der Waals surface area contributed by atoms with Crippen molar-refractivity contribution >= 4 is 13.9 Å². The van der Waals surface area contributed by atoms with E-state index in [1.807, 2.05) is 71.9 Å². The molecule has 0 heterocycles. The van der Waals surface area contributed by atoms with Crippen LogP contribution in [0.5, 0.6) is 0 Å². The Bertz CT molecular complexity index is 621. The van der Waals surface area contributed by atoms with Gasteiger partial charge < -0.3 is 5.11 Å². The highest BCUT2D eigenvalue weighted by molar-refractivity contribution is 6.86. The number of Topliss-reactive ketones (excluding diaryl/α,β-unsaturated/α-hetero) is 1. The van der Waals surface area contributed by atoms with Gasteiger partial charge in [0.25, 0.3) is 0 Å². The molecule has 26 heavy (non-hydrogen) atoms. The quantitative estimate of drug-likeness (QED) is 0.662. The molecule has 1 N–H and O–H groups in total. The monoisotopic (exact) mass is 382 g/mol. The standard InChI is InChI=1S/C21H32F2O2Si/c1-14(2)26(15(3)4,16(5)6)20(25)13-18(12-19(24)21(20,22)23)17-10-8-7-9-11-17/h7-11,14-16,18,25H,12-13H2,1-6H3. The van der Waals surface area contributed by atoms with E-state index >= 15 is 8.78 Å². The largest absolute Gasteiger partial charge is 0.387 e. The van der Waals surface area contributed by atoms with Crippen LogP contribution in [0.3, 0.4) is 0 Å². The molecular formula is C21H32F2O2Si. The second-order valence-corrected chi connectivity index (χ2v) is 14.9. The van der Waals surface area contributed by atoms with Crippen molar-refractivity contribution < 1.29 is 18.7 Å². The normalized spacial score (nSPS) is 26.8. The van der Waals surface area contributed by atoms with Gasteiger partial charge in [-0.05, 0) is 34.5 Å². The molecule has 1 aromatic carbocycles. The average Bonchev–Trinajstić information content (AvgIpc) is 2.53. The number of hydrogen-bond donors (Lipinski definition) is 1. The van der Waals surface area contributed by atoms with Crippen molar-refractivity contribution in [3.05, 3.63) is 35.9 Å². The molecule has 0 aromatic heterocycles. The first-order chi connectivity index (χ1) is 11.9. The molecule has 1 aromatic rings. The van der Waals surface area contributed by atoms with E-state index in [4.69, 9.17) is 0 Å². The van der Waals surface area contributed by atoms with Gasteiger partial charge >= 0.3 is 5.92 Å². The van der Waals surface area contributed by atoms with Gasteiger partial charge in [0.05, 0.1) is 0 Å². The van der Waals surface area contributed by atoms with Gasteiger partial charge in [0.15, 0.2) is 0 Å². The Balaban J connectivity index is 2.68. The maximum atomic E-state index is 15.3. The molecule has 2 atom stereocenters. The fraction of sp³-hybridized carbons (Fsp3) is 0.667. The van der Waals surface area contributed by atoms with Gasteiger partial charge in [-0.2, -0.15) is 8.78 Å². The van der Waals surface area contributed by atoms with Gasteiger partial charge in [-0.25, -0.2) is 0 Å². The molecule has 5 heteroatoms. The first-order valence-electron chi connectivity index (χ1n) is 9.61. The number of alkyl halides is 2. The fourth-order valence-electron chi connectivity index (χ4n) is 5.98. The number of ketones is 1. The molecule has 0 radical (unpaired) electrons. The maximum absolute atomic E-state index is 15.3. The van der Waals surface area contributed by atoms with E-state index in [0.717, 1.165) is 5.56 Å². The van der Waals surface area contributed by atoms with Crippen LogP contribution >= 0.6 is 0 Å². The van der Waals surface area contributed by atoms with Crippen molar-refractivity contribution in [2.75, 3.05) is 0 Å². The molecular weight excluding hydrogens is 350 g/mol. The van der Waals surface area contributed by atoms with E-state index in [2.05, 4.69) is 0 Å². The van der Waals surface area contributed by atoms with Crippen LogP contribution in [-0.2, 0) is 4.79 Å². The lowest BCUT2D eigenvalue weighted by Crippen LogP contribution is -2.75. The van der Waals surface area contributed by atoms with E-state index < -0.39 is 25.0 Å². The summed E-state index contributed by atoms with van der Waals surface area (Å²) in [6.07, 6.45) is -0.255. The van der Waals surface area contributed by atoms with Crippen LogP contribution in [0.4, 0.5) is 8.78 Å². The summed E-state index contributed by atoms with van der Waals surface area (Å²) in [5, 5.41) is 9.47. The minimum Gasteiger partial charge on any atom is -0.387 e. The third-order valence-electron chi connectivity index (χ3n) is 6.70. The van der Waals surface area contributed by atoms with Crippen LogP contribution in [-0.4, -0.2) is 30.1 Å². The smallest absolute Gasteiger partial charge is 0.330 e. The zero-order chi connectivity index (χ0) is 19.9. The summed E-state index contributed by atoms with van der Waals surface area (Å²) in [7, 11) is -3.02. The molecule has 0 amide bonds. The number of halogens is 2. The molecule has 1 fully saturated rings. The Kier molecular flexibility index (Phi) is 5.84. The zero-order valence-electron chi connectivity index (χ0n) is 16.7. The molecule has 2 rings (SSSR count). The summed E-state index contributed by atoms with van der Waals surface area (Å²) in [5.41, 5.74) is 0.649. The Labute approximate surface area is 157 Å². The van der Waals surface area contributed by atoms with Crippen molar-refractivity contribution in [1.82, 2.24) is 0 Å². The minimum atomic E-state index is -3.69. The number of aliphatic hydroxyl groups is 1. The van der Waals surface area contributed by atoms with Crippen molar-refractivity contribution in [3.63, 3.8) is 0 Å². The SMILES string of the molecule is CC(C)[Si](C(C)C)(C(C)C)C1(O)CC(c2ccccc2)CC(=O)C1(F)F. The van der Waals surface area contributed by atoms with Crippen molar-refractivity contribution in [2.45, 2.75) is 88.1 Å². The molecule has 1 aliphatic carbocycles. The zero-order valence-corrected chi connectivity index (χ0v) is 17.7. The van der Waals surface area contributed by atoms with Crippen molar-refractivity contribution in [1.29, 1.82) is 0 Å². The van der Waals surface area contributed by atoms with Gasteiger partial charge in [0.1, 0.15) is 13.3 Å². The summed E-state index contributed by atoms with van der Waals surface area (Å²) in [6.45, 7) is 11.6. The highest BCUT2D eigenvalue weighted by atomic mass is 28.3. The first-order valence-corrected chi connectivity index (χ1v) is 11.8. The summed E-state index contributed by atoms with van der Waals surface area (Å²) in [4.78, 5) is 12.5. The average molecular weight is 383 g/mol. The molecule has 2 nitrogen and oxygen atoms in total. The number of hydrogen-bond acceptors (Lipinski definition) is 2. The third-order valence-corrected chi connectivity index (χ3v) is 14.4. The third kappa shape index (κ3) is 2.87. The minimum absolute atomic E-state index is 0.0451. The Morgan fingerprint density at radius 3 is 1.88 bits per heavy atom. The van der Waals surface area contributed by atoms with E-state index in [9.17, 15) is 9.90 Å². The molecule has 0 bridgehead atoms. The van der Waals surface area contributed by atoms with Crippen LogP contribution in [0.2, 0.25) is 16.6 Å². The molecule has 1 aliphatic rings. The van der Waals surface area contributed by atoms with E-state index in [1.54, 1.807) is 0 Å². The van der Waals surface area contributed by atoms with Gasteiger partial charge in [-0.15, -0.1) is 0 Å². The molecule has 146 valence electrons. The molecule has 2 unspecified atom stereocenters. The second-order valence-electron chi connectivity index (χ2n) is 8.77. The predicted molar refractivity (Wildman–Crippen MR) is 104 cm³/mol. The molecule has 0 aliphatic heterocycles.